The number of non-ortho nitro benzene ring substituents is 1. The van der Waals surface area contributed by atoms with E-state index < -0.39 is 16.8 Å². The smallest absolute Gasteiger partial charge is 0.305 e. The van der Waals surface area contributed by atoms with Gasteiger partial charge in [-0.3, -0.25) is 19.7 Å². The number of carbonyl (C=O) groups excluding carboxylic acids is 1. The summed E-state index contributed by atoms with van der Waals surface area (Å²) in [5.41, 5.74) is 0.192. The lowest BCUT2D eigenvalue weighted by Gasteiger charge is -2.16. The molecule has 2 rings (SSSR count). The highest BCUT2D eigenvalue weighted by Gasteiger charge is 2.33. The van der Waals surface area contributed by atoms with Crippen LogP contribution in [0.2, 0.25) is 0 Å². The minimum Gasteiger partial charge on any atom is -0.481 e. The quantitative estimate of drug-likeness (QED) is 0.606. The van der Waals surface area contributed by atoms with Crippen LogP contribution in [0.4, 0.5) is 5.69 Å². The number of nitro benzene ring substituents is 1. The molecule has 0 aromatic heterocycles. The van der Waals surface area contributed by atoms with Crippen LogP contribution < -0.4 is 5.32 Å². The highest BCUT2D eigenvalue weighted by Crippen LogP contribution is 2.34. The Labute approximate surface area is 114 Å². The Morgan fingerprint density at radius 3 is 2.40 bits per heavy atom. The molecule has 1 aromatic carbocycles. The van der Waals surface area contributed by atoms with Gasteiger partial charge in [-0.15, -0.1) is 0 Å². The van der Waals surface area contributed by atoms with Crippen molar-refractivity contribution < 1.29 is 19.6 Å². The standard InChI is InChI=1S/C13H14N2O5/c16-12(17)7-11(8-1-2-8)14-13(18)9-3-5-10(6-4-9)15(19)20/h3-6,8,11H,1-2,7H2,(H,14,18)(H,16,17). The summed E-state index contributed by atoms with van der Waals surface area (Å²) >= 11 is 0. The molecule has 0 bridgehead atoms. The minimum atomic E-state index is -0.953. The molecule has 1 aliphatic rings. The van der Waals surface area contributed by atoms with E-state index in [0.29, 0.717) is 0 Å². The van der Waals surface area contributed by atoms with Gasteiger partial charge in [-0.1, -0.05) is 0 Å². The predicted molar refractivity (Wildman–Crippen MR) is 69.3 cm³/mol. The van der Waals surface area contributed by atoms with Gasteiger partial charge in [0.2, 0.25) is 0 Å². The van der Waals surface area contributed by atoms with Gasteiger partial charge in [-0.05, 0) is 30.9 Å². The van der Waals surface area contributed by atoms with Gasteiger partial charge in [0.25, 0.3) is 11.6 Å². The van der Waals surface area contributed by atoms with Crippen LogP contribution in [0.25, 0.3) is 0 Å². The number of rotatable bonds is 6. The molecule has 0 saturated heterocycles. The number of nitro groups is 1. The fourth-order valence-electron chi connectivity index (χ4n) is 2.01. The first-order valence-electron chi connectivity index (χ1n) is 6.24. The predicted octanol–water partition coefficient (Wildman–Crippen LogP) is 1.58. The molecule has 1 atom stereocenters. The fourth-order valence-corrected chi connectivity index (χ4v) is 2.01. The van der Waals surface area contributed by atoms with Crippen LogP contribution in [-0.2, 0) is 4.79 Å². The van der Waals surface area contributed by atoms with Crippen molar-refractivity contribution in [2.45, 2.75) is 25.3 Å². The van der Waals surface area contributed by atoms with Crippen LogP contribution >= 0.6 is 0 Å². The molecule has 0 aliphatic heterocycles. The summed E-state index contributed by atoms with van der Waals surface area (Å²) < 4.78 is 0. The third-order valence-corrected chi connectivity index (χ3v) is 3.24. The van der Waals surface area contributed by atoms with Crippen molar-refractivity contribution in [1.82, 2.24) is 5.32 Å². The maximum absolute atomic E-state index is 12.0. The molecule has 7 nitrogen and oxygen atoms in total. The van der Waals surface area contributed by atoms with E-state index in [1.165, 1.54) is 24.3 Å². The first-order valence-corrected chi connectivity index (χ1v) is 6.24. The van der Waals surface area contributed by atoms with E-state index in [2.05, 4.69) is 5.32 Å². The number of amides is 1. The number of benzene rings is 1. The SMILES string of the molecule is O=C(O)CC(NC(=O)c1ccc([N+](=O)[O-])cc1)C1CC1. The van der Waals surface area contributed by atoms with Crippen molar-refractivity contribution >= 4 is 17.6 Å². The molecule has 1 saturated carbocycles. The van der Waals surface area contributed by atoms with Gasteiger partial charge < -0.3 is 10.4 Å². The lowest BCUT2D eigenvalue weighted by atomic mass is 10.1. The van der Waals surface area contributed by atoms with E-state index in [1.807, 2.05) is 0 Å². The van der Waals surface area contributed by atoms with E-state index in [9.17, 15) is 19.7 Å². The molecular weight excluding hydrogens is 264 g/mol. The van der Waals surface area contributed by atoms with E-state index in [0.717, 1.165) is 12.8 Å². The zero-order chi connectivity index (χ0) is 14.7. The summed E-state index contributed by atoms with van der Waals surface area (Å²) in [6, 6.07) is 4.84. The molecule has 106 valence electrons. The topological polar surface area (TPSA) is 110 Å². The molecule has 1 aromatic rings. The maximum Gasteiger partial charge on any atom is 0.305 e. The molecule has 7 heteroatoms. The lowest BCUT2D eigenvalue weighted by molar-refractivity contribution is -0.384. The number of aliphatic carboxylic acids is 1. The molecule has 1 amide bonds. The first-order chi connectivity index (χ1) is 9.47. The zero-order valence-corrected chi connectivity index (χ0v) is 10.6. The first kappa shape index (κ1) is 14.0. The molecule has 2 N–H and O–H groups in total. The molecular formula is C13H14N2O5. The van der Waals surface area contributed by atoms with Crippen molar-refractivity contribution in [1.29, 1.82) is 0 Å². The molecule has 1 aliphatic carbocycles. The molecule has 1 fully saturated rings. The number of carbonyl (C=O) groups is 2. The largest absolute Gasteiger partial charge is 0.481 e. The fraction of sp³-hybridized carbons (Fsp3) is 0.385. The van der Waals surface area contributed by atoms with Gasteiger partial charge in [0, 0.05) is 23.7 Å². The van der Waals surface area contributed by atoms with E-state index in [4.69, 9.17) is 5.11 Å². The molecule has 0 radical (unpaired) electrons. The molecule has 0 spiro atoms. The maximum atomic E-state index is 12.0. The van der Waals surface area contributed by atoms with E-state index in [1.54, 1.807) is 0 Å². The Balaban J connectivity index is 2.02. The van der Waals surface area contributed by atoms with Crippen LogP contribution in [0, 0.1) is 16.0 Å². The lowest BCUT2D eigenvalue weighted by Crippen LogP contribution is -2.38. The number of nitrogens with one attached hydrogen (secondary N) is 1. The van der Waals surface area contributed by atoms with E-state index in [-0.39, 0.29) is 29.6 Å². The van der Waals surface area contributed by atoms with E-state index >= 15 is 0 Å². The average molecular weight is 278 g/mol. The van der Waals surface area contributed by atoms with Gasteiger partial charge in [0.05, 0.1) is 11.3 Å². The van der Waals surface area contributed by atoms with Crippen LogP contribution in [-0.4, -0.2) is 27.9 Å². The number of hydrogen-bond donors (Lipinski definition) is 2. The van der Waals surface area contributed by atoms with Crippen molar-refractivity contribution in [3.63, 3.8) is 0 Å². The number of hydrogen-bond acceptors (Lipinski definition) is 4. The van der Waals surface area contributed by atoms with Gasteiger partial charge in [-0.25, -0.2) is 0 Å². The summed E-state index contributed by atoms with van der Waals surface area (Å²) in [7, 11) is 0. The second kappa shape index (κ2) is 5.68. The highest BCUT2D eigenvalue weighted by atomic mass is 16.6. The van der Waals surface area contributed by atoms with Crippen molar-refractivity contribution in [2.75, 3.05) is 0 Å². The van der Waals surface area contributed by atoms with Crippen LogP contribution in [0.5, 0.6) is 0 Å². The second-order valence-electron chi connectivity index (χ2n) is 4.82. The van der Waals surface area contributed by atoms with Gasteiger partial charge in [0.1, 0.15) is 0 Å². The Kier molecular flexibility index (Phi) is 3.97. The van der Waals surface area contributed by atoms with Gasteiger partial charge >= 0.3 is 5.97 Å². The summed E-state index contributed by atoms with van der Waals surface area (Å²) in [6.07, 6.45) is 1.72. The van der Waals surface area contributed by atoms with Crippen LogP contribution in [0.15, 0.2) is 24.3 Å². The number of nitrogens with zero attached hydrogens (tertiary/aromatic N) is 1. The Morgan fingerprint density at radius 1 is 1.35 bits per heavy atom. The molecule has 20 heavy (non-hydrogen) atoms. The summed E-state index contributed by atoms with van der Waals surface area (Å²) in [5, 5.41) is 22.0. The third-order valence-electron chi connectivity index (χ3n) is 3.24. The van der Waals surface area contributed by atoms with Crippen molar-refractivity contribution in [3.8, 4) is 0 Å². The zero-order valence-electron chi connectivity index (χ0n) is 10.6. The minimum absolute atomic E-state index is 0.0918. The van der Waals surface area contributed by atoms with Crippen molar-refractivity contribution in [3.05, 3.63) is 39.9 Å². The van der Waals surface area contributed by atoms with Gasteiger partial charge in [0.15, 0.2) is 0 Å². The van der Waals surface area contributed by atoms with Crippen molar-refractivity contribution in [2.24, 2.45) is 5.92 Å². The molecule has 1 unspecified atom stereocenters. The molecule has 0 heterocycles. The van der Waals surface area contributed by atoms with Crippen LogP contribution in [0.3, 0.4) is 0 Å². The summed E-state index contributed by atoms with van der Waals surface area (Å²) in [6.45, 7) is 0. The average Bonchev–Trinajstić information content (AvgIpc) is 3.21. The van der Waals surface area contributed by atoms with Gasteiger partial charge in [-0.2, -0.15) is 0 Å². The number of carboxylic acid groups (broad SMARTS) is 1. The second-order valence-corrected chi connectivity index (χ2v) is 4.82. The number of carboxylic acids is 1. The third kappa shape index (κ3) is 3.53. The Bertz CT molecular complexity index is 536. The normalized spacial score (nSPS) is 15.4. The Morgan fingerprint density at radius 2 is 1.95 bits per heavy atom. The summed E-state index contributed by atoms with van der Waals surface area (Å²) in [4.78, 5) is 32.7. The monoisotopic (exact) mass is 278 g/mol. The van der Waals surface area contributed by atoms with Crippen LogP contribution in [0.1, 0.15) is 29.6 Å². The summed E-state index contributed by atoms with van der Waals surface area (Å²) in [5.74, 6) is -1.14. The highest BCUT2D eigenvalue weighted by molar-refractivity contribution is 5.94. The Hall–Kier alpha value is -2.44.